The Morgan fingerprint density at radius 1 is 1.24 bits per heavy atom. The van der Waals surface area contributed by atoms with E-state index in [-0.39, 0.29) is 5.56 Å². The fourth-order valence-electron chi connectivity index (χ4n) is 2.15. The summed E-state index contributed by atoms with van der Waals surface area (Å²) in [7, 11) is 0. The SMILES string of the molecule is Cc1ccc(-c2csc3nc(SC(C)C)[nH]c(=O)c23)cc1. The molecule has 0 unspecified atom stereocenters. The Balaban J connectivity index is 2.14. The van der Waals surface area contributed by atoms with E-state index in [4.69, 9.17) is 0 Å². The lowest BCUT2D eigenvalue weighted by molar-refractivity contribution is 0.966. The maximum absolute atomic E-state index is 12.4. The van der Waals surface area contributed by atoms with Gasteiger partial charge in [0.25, 0.3) is 5.56 Å². The van der Waals surface area contributed by atoms with Gasteiger partial charge in [-0.2, -0.15) is 0 Å². The molecule has 108 valence electrons. The fourth-order valence-corrected chi connectivity index (χ4v) is 3.90. The molecule has 1 N–H and O–H groups in total. The number of hydrogen-bond acceptors (Lipinski definition) is 4. The Kier molecular flexibility index (Phi) is 3.87. The van der Waals surface area contributed by atoms with Crippen molar-refractivity contribution >= 4 is 33.3 Å². The number of rotatable bonds is 3. The molecular formula is C16H16N2OS2. The fraction of sp³-hybridized carbons (Fsp3) is 0.250. The van der Waals surface area contributed by atoms with Gasteiger partial charge in [0.1, 0.15) is 4.83 Å². The Labute approximate surface area is 131 Å². The van der Waals surface area contributed by atoms with Gasteiger partial charge in [0, 0.05) is 16.2 Å². The molecule has 0 spiro atoms. The zero-order valence-electron chi connectivity index (χ0n) is 12.1. The molecule has 3 nitrogen and oxygen atoms in total. The number of aromatic nitrogens is 2. The van der Waals surface area contributed by atoms with Crippen LogP contribution in [0.25, 0.3) is 21.3 Å². The maximum Gasteiger partial charge on any atom is 0.260 e. The summed E-state index contributed by atoms with van der Waals surface area (Å²) in [6, 6.07) is 8.22. The summed E-state index contributed by atoms with van der Waals surface area (Å²) < 4.78 is 0. The standard InChI is InChI=1S/C16H16N2OS2/c1-9(2)21-16-17-14(19)13-12(8-20-15(13)18-16)11-6-4-10(3)5-7-11/h4-9H,1-3H3,(H,17,18,19). The Morgan fingerprint density at radius 2 is 1.95 bits per heavy atom. The molecule has 21 heavy (non-hydrogen) atoms. The first kappa shape index (κ1) is 14.4. The molecule has 0 amide bonds. The molecular weight excluding hydrogens is 300 g/mol. The molecule has 0 radical (unpaired) electrons. The highest BCUT2D eigenvalue weighted by molar-refractivity contribution is 7.99. The number of H-pyrrole nitrogens is 1. The van der Waals surface area contributed by atoms with Crippen molar-refractivity contribution in [2.75, 3.05) is 0 Å². The molecule has 1 aromatic carbocycles. The van der Waals surface area contributed by atoms with Crippen LogP contribution in [-0.2, 0) is 0 Å². The Bertz CT molecular complexity index is 832. The molecule has 2 heterocycles. The van der Waals surface area contributed by atoms with Crippen LogP contribution in [0.1, 0.15) is 19.4 Å². The molecule has 2 aromatic heterocycles. The van der Waals surface area contributed by atoms with Crippen molar-refractivity contribution in [3.63, 3.8) is 0 Å². The number of thioether (sulfide) groups is 1. The summed E-state index contributed by atoms with van der Waals surface area (Å²) in [5.41, 5.74) is 3.18. The molecule has 0 aliphatic heterocycles. The zero-order valence-corrected chi connectivity index (χ0v) is 13.8. The van der Waals surface area contributed by atoms with E-state index in [0.29, 0.717) is 15.8 Å². The third kappa shape index (κ3) is 2.89. The van der Waals surface area contributed by atoms with Crippen molar-refractivity contribution in [2.45, 2.75) is 31.2 Å². The van der Waals surface area contributed by atoms with Crippen molar-refractivity contribution in [2.24, 2.45) is 0 Å². The minimum Gasteiger partial charge on any atom is -0.301 e. The lowest BCUT2D eigenvalue weighted by Crippen LogP contribution is -2.09. The quantitative estimate of drug-likeness (QED) is 0.573. The second-order valence-electron chi connectivity index (χ2n) is 5.23. The van der Waals surface area contributed by atoms with E-state index in [1.807, 2.05) is 17.5 Å². The minimum atomic E-state index is -0.0556. The van der Waals surface area contributed by atoms with Crippen LogP contribution in [0.3, 0.4) is 0 Å². The third-order valence-corrected chi connectivity index (χ3v) is 4.89. The maximum atomic E-state index is 12.4. The summed E-state index contributed by atoms with van der Waals surface area (Å²) in [5, 5.41) is 3.79. The number of hydrogen-bond donors (Lipinski definition) is 1. The second-order valence-corrected chi connectivity index (χ2v) is 7.66. The summed E-state index contributed by atoms with van der Waals surface area (Å²) in [5.74, 6) is 0. The molecule has 5 heteroatoms. The van der Waals surface area contributed by atoms with Crippen LogP contribution >= 0.6 is 23.1 Å². The van der Waals surface area contributed by atoms with E-state index in [9.17, 15) is 4.79 Å². The molecule has 0 atom stereocenters. The van der Waals surface area contributed by atoms with Gasteiger partial charge >= 0.3 is 0 Å². The normalized spacial score (nSPS) is 11.4. The van der Waals surface area contributed by atoms with E-state index in [1.54, 1.807) is 11.8 Å². The van der Waals surface area contributed by atoms with Crippen LogP contribution in [0, 0.1) is 6.92 Å². The molecule has 3 aromatic rings. The second kappa shape index (κ2) is 5.66. The topological polar surface area (TPSA) is 45.8 Å². The predicted molar refractivity (Wildman–Crippen MR) is 91.4 cm³/mol. The van der Waals surface area contributed by atoms with Crippen LogP contribution in [-0.4, -0.2) is 15.2 Å². The van der Waals surface area contributed by atoms with Gasteiger partial charge in [-0.15, -0.1) is 11.3 Å². The van der Waals surface area contributed by atoms with Crippen molar-refractivity contribution in [3.05, 3.63) is 45.6 Å². The van der Waals surface area contributed by atoms with Crippen molar-refractivity contribution in [3.8, 4) is 11.1 Å². The average molecular weight is 316 g/mol. The number of nitrogens with one attached hydrogen (secondary N) is 1. The molecule has 0 aliphatic rings. The molecule has 0 fully saturated rings. The van der Waals surface area contributed by atoms with Gasteiger partial charge in [-0.1, -0.05) is 55.4 Å². The number of thiophene rings is 1. The van der Waals surface area contributed by atoms with Gasteiger partial charge in [-0.25, -0.2) is 4.98 Å². The molecule has 0 bridgehead atoms. The number of aromatic amines is 1. The Hall–Kier alpha value is -1.59. The largest absolute Gasteiger partial charge is 0.301 e. The van der Waals surface area contributed by atoms with Crippen molar-refractivity contribution in [1.82, 2.24) is 9.97 Å². The average Bonchev–Trinajstić information content (AvgIpc) is 2.83. The highest BCUT2D eigenvalue weighted by Gasteiger charge is 2.13. The van der Waals surface area contributed by atoms with Crippen LogP contribution in [0.5, 0.6) is 0 Å². The first-order valence-electron chi connectivity index (χ1n) is 6.80. The van der Waals surface area contributed by atoms with Crippen LogP contribution < -0.4 is 5.56 Å². The summed E-state index contributed by atoms with van der Waals surface area (Å²) in [4.78, 5) is 20.7. The zero-order chi connectivity index (χ0) is 15.0. The number of benzene rings is 1. The highest BCUT2D eigenvalue weighted by Crippen LogP contribution is 2.32. The molecule has 0 saturated carbocycles. The number of nitrogens with zero attached hydrogens (tertiary/aromatic N) is 1. The molecule has 0 aliphatic carbocycles. The minimum absolute atomic E-state index is 0.0556. The first-order chi connectivity index (χ1) is 10.0. The van der Waals surface area contributed by atoms with Crippen molar-refractivity contribution in [1.29, 1.82) is 0 Å². The van der Waals surface area contributed by atoms with E-state index in [0.717, 1.165) is 16.0 Å². The summed E-state index contributed by atoms with van der Waals surface area (Å²) >= 11 is 3.10. The monoisotopic (exact) mass is 316 g/mol. The van der Waals surface area contributed by atoms with Crippen LogP contribution in [0.15, 0.2) is 39.6 Å². The lowest BCUT2D eigenvalue weighted by Gasteiger charge is -2.04. The van der Waals surface area contributed by atoms with E-state index in [2.05, 4.69) is 42.9 Å². The third-order valence-electron chi connectivity index (χ3n) is 3.13. The van der Waals surface area contributed by atoms with E-state index >= 15 is 0 Å². The van der Waals surface area contributed by atoms with Crippen molar-refractivity contribution < 1.29 is 0 Å². The van der Waals surface area contributed by atoms with Crippen LogP contribution in [0.4, 0.5) is 0 Å². The lowest BCUT2D eigenvalue weighted by atomic mass is 10.1. The van der Waals surface area contributed by atoms with Gasteiger partial charge in [0.15, 0.2) is 5.16 Å². The first-order valence-corrected chi connectivity index (χ1v) is 8.56. The summed E-state index contributed by atoms with van der Waals surface area (Å²) in [6.07, 6.45) is 0. The summed E-state index contributed by atoms with van der Waals surface area (Å²) in [6.45, 7) is 6.22. The van der Waals surface area contributed by atoms with Gasteiger partial charge in [-0.05, 0) is 12.5 Å². The van der Waals surface area contributed by atoms with Gasteiger partial charge in [-0.3, -0.25) is 4.79 Å². The predicted octanol–water partition coefficient (Wildman–Crippen LogP) is 4.46. The van der Waals surface area contributed by atoms with Crippen LogP contribution in [0.2, 0.25) is 0 Å². The van der Waals surface area contributed by atoms with E-state index in [1.165, 1.54) is 16.9 Å². The van der Waals surface area contributed by atoms with Gasteiger partial charge in [0.05, 0.1) is 5.39 Å². The molecule has 0 saturated heterocycles. The number of aryl methyl sites for hydroxylation is 1. The number of fused-ring (bicyclic) bond motifs is 1. The van der Waals surface area contributed by atoms with Gasteiger partial charge < -0.3 is 4.98 Å². The van der Waals surface area contributed by atoms with Gasteiger partial charge in [0.2, 0.25) is 0 Å². The molecule has 3 rings (SSSR count). The Morgan fingerprint density at radius 3 is 2.62 bits per heavy atom. The highest BCUT2D eigenvalue weighted by atomic mass is 32.2. The smallest absolute Gasteiger partial charge is 0.260 e. The van der Waals surface area contributed by atoms with E-state index < -0.39 is 0 Å².